The zero-order chi connectivity index (χ0) is 23.6. The summed E-state index contributed by atoms with van der Waals surface area (Å²) in [7, 11) is -1.94. The molecule has 1 heterocycles. The Morgan fingerprint density at radius 3 is 2.42 bits per heavy atom. The van der Waals surface area contributed by atoms with Crippen molar-refractivity contribution < 1.29 is 17.5 Å². The van der Waals surface area contributed by atoms with Crippen LogP contribution in [-0.4, -0.2) is 39.6 Å². The van der Waals surface area contributed by atoms with Crippen LogP contribution in [0.25, 0.3) is 0 Å². The zero-order valence-electron chi connectivity index (χ0n) is 17.6. The van der Waals surface area contributed by atoms with E-state index in [-0.39, 0.29) is 21.8 Å². The van der Waals surface area contributed by atoms with Gasteiger partial charge in [0.2, 0.25) is 0 Å². The summed E-state index contributed by atoms with van der Waals surface area (Å²) in [6.45, 7) is 1.71. The number of nitrogens with zero attached hydrogens (tertiary/aromatic N) is 1. The fourth-order valence-corrected chi connectivity index (χ4v) is 6.12. The third-order valence-electron chi connectivity index (χ3n) is 5.07. The van der Waals surface area contributed by atoms with Gasteiger partial charge in [0.25, 0.3) is 10.0 Å². The number of hydrogen-bond acceptors (Lipinski definition) is 5. The normalized spacial score (nSPS) is 16.7. The molecule has 0 saturated carbocycles. The first kappa shape index (κ1) is 24.2. The highest BCUT2D eigenvalue weighted by molar-refractivity contribution is 7.99. The molecule has 1 aliphatic heterocycles. The lowest BCUT2D eigenvalue weighted by molar-refractivity contribution is 0.208. The minimum absolute atomic E-state index is 0.0000433. The van der Waals surface area contributed by atoms with Gasteiger partial charge in [-0.3, -0.25) is 4.72 Å². The van der Waals surface area contributed by atoms with Crippen molar-refractivity contribution in [2.24, 2.45) is 0 Å². The molecule has 10 heteroatoms. The van der Waals surface area contributed by atoms with Crippen LogP contribution in [0.2, 0.25) is 10.0 Å². The lowest BCUT2D eigenvalue weighted by atomic mass is 10.3. The predicted octanol–water partition coefficient (Wildman–Crippen LogP) is 6.17. The molecule has 0 aliphatic carbocycles. The molecule has 33 heavy (non-hydrogen) atoms. The smallest absolute Gasteiger partial charge is 0.263 e. The molecule has 1 fully saturated rings. The van der Waals surface area contributed by atoms with Crippen LogP contribution in [0.3, 0.4) is 0 Å². The molecular formula is C23H21Cl2FN2O3S2. The predicted molar refractivity (Wildman–Crippen MR) is 131 cm³/mol. The van der Waals surface area contributed by atoms with Crippen LogP contribution in [0.4, 0.5) is 10.1 Å². The van der Waals surface area contributed by atoms with E-state index in [1.54, 1.807) is 42.5 Å². The molecule has 0 amide bonds. The second-order valence-electron chi connectivity index (χ2n) is 7.69. The molecule has 1 saturated heterocycles. The Hall–Kier alpha value is -1.97. The van der Waals surface area contributed by atoms with E-state index >= 15 is 0 Å². The standard InChI is InChI=1S/C23H21Cl2FN2O3S2/c1-28-11-10-17(14-28)31-22-12-16(4-8-20(22)24)27-33(29,30)23-9-7-19(13-21(23)25)32-18-5-2-15(26)3-6-18/h2-9,12-13,17,27H,10-11,14H2,1H3. The van der Waals surface area contributed by atoms with Gasteiger partial charge in [0.1, 0.15) is 22.6 Å². The summed E-state index contributed by atoms with van der Waals surface area (Å²) in [5, 5.41) is 0.488. The van der Waals surface area contributed by atoms with Crippen molar-refractivity contribution in [1.82, 2.24) is 4.90 Å². The van der Waals surface area contributed by atoms with Gasteiger partial charge in [-0.05, 0) is 68.1 Å². The lowest BCUT2D eigenvalue weighted by Crippen LogP contribution is -2.21. The highest BCUT2D eigenvalue weighted by Crippen LogP contribution is 2.34. The van der Waals surface area contributed by atoms with Crippen molar-refractivity contribution in [3.63, 3.8) is 0 Å². The molecule has 0 bridgehead atoms. The average molecular weight is 527 g/mol. The van der Waals surface area contributed by atoms with Crippen LogP contribution < -0.4 is 9.46 Å². The maximum atomic E-state index is 13.1. The minimum Gasteiger partial charge on any atom is -0.487 e. The summed E-state index contributed by atoms with van der Waals surface area (Å²) < 4.78 is 47.6. The second-order valence-corrected chi connectivity index (χ2v) is 11.3. The second kappa shape index (κ2) is 10.1. The third-order valence-corrected chi connectivity index (χ3v) is 8.24. The van der Waals surface area contributed by atoms with Gasteiger partial charge in [-0.15, -0.1) is 0 Å². The molecule has 3 aromatic carbocycles. The van der Waals surface area contributed by atoms with E-state index < -0.39 is 10.0 Å². The van der Waals surface area contributed by atoms with Crippen LogP contribution in [-0.2, 0) is 10.0 Å². The van der Waals surface area contributed by atoms with Crippen molar-refractivity contribution >= 4 is 50.7 Å². The summed E-state index contributed by atoms with van der Waals surface area (Å²) >= 11 is 13.9. The summed E-state index contributed by atoms with van der Waals surface area (Å²) in [5.41, 5.74) is 0.321. The number of nitrogens with one attached hydrogen (secondary N) is 1. The molecule has 1 atom stereocenters. The number of rotatable bonds is 7. The number of likely N-dealkylation sites (N-methyl/N-ethyl adjacent to an activating group) is 1. The molecule has 174 valence electrons. The highest BCUT2D eigenvalue weighted by atomic mass is 35.5. The minimum atomic E-state index is -3.95. The van der Waals surface area contributed by atoms with Gasteiger partial charge in [-0.25, -0.2) is 12.8 Å². The van der Waals surface area contributed by atoms with Crippen LogP contribution in [0.1, 0.15) is 6.42 Å². The molecule has 4 rings (SSSR count). The summed E-state index contributed by atoms with van der Waals surface area (Å²) in [6, 6.07) is 15.4. The first-order chi connectivity index (χ1) is 15.7. The number of sulfonamides is 1. The number of benzene rings is 3. The van der Waals surface area contributed by atoms with Crippen molar-refractivity contribution in [3.05, 3.63) is 76.5 Å². The van der Waals surface area contributed by atoms with E-state index in [0.717, 1.165) is 29.3 Å². The SMILES string of the molecule is CN1CCC(Oc2cc(NS(=O)(=O)c3ccc(Sc4ccc(F)cc4)cc3Cl)ccc2Cl)C1. The Labute approximate surface area is 206 Å². The number of halogens is 3. The maximum absolute atomic E-state index is 13.1. The molecule has 0 radical (unpaired) electrons. The maximum Gasteiger partial charge on any atom is 0.263 e. The lowest BCUT2D eigenvalue weighted by Gasteiger charge is -2.16. The average Bonchev–Trinajstić information content (AvgIpc) is 3.16. The molecule has 3 aromatic rings. The fourth-order valence-electron chi connectivity index (χ4n) is 3.44. The van der Waals surface area contributed by atoms with Gasteiger partial charge in [-0.1, -0.05) is 35.0 Å². The number of likely N-dealkylation sites (tertiary alicyclic amines) is 1. The van der Waals surface area contributed by atoms with Gasteiger partial charge < -0.3 is 9.64 Å². The zero-order valence-corrected chi connectivity index (χ0v) is 20.7. The largest absolute Gasteiger partial charge is 0.487 e. The summed E-state index contributed by atoms with van der Waals surface area (Å²) in [6.07, 6.45) is 0.876. The first-order valence-corrected chi connectivity index (χ1v) is 13.2. The molecule has 1 aliphatic rings. The number of hydrogen-bond donors (Lipinski definition) is 1. The Morgan fingerprint density at radius 2 is 1.76 bits per heavy atom. The van der Waals surface area contributed by atoms with Crippen LogP contribution in [0.15, 0.2) is 75.4 Å². The van der Waals surface area contributed by atoms with E-state index in [1.807, 2.05) is 7.05 Å². The van der Waals surface area contributed by atoms with Gasteiger partial charge >= 0.3 is 0 Å². The Balaban J connectivity index is 1.50. The van der Waals surface area contributed by atoms with Gasteiger partial charge in [0, 0.05) is 28.9 Å². The molecule has 0 aromatic heterocycles. The van der Waals surface area contributed by atoms with E-state index in [2.05, 4.69) is 9.62 Å². The van der Waals surface area contributed by atoms with Crippen molar-refractivity contribution in [2.45, 2.75) is 27.2 Å². The number of ether oxygens (including phenoxy) is 1. The van der Waals surface area contributed by atoms with Gasteiger partial charge in [0.05, 0.1) is 15.7 Å². The molecular weight excluding hydrogens is 506 g/mol. The van der Waals surface area contributed by atoms with E-state index in [0.29, 0.717) is 16.5 Å². The third kappa shape index (κ3) is 6.13. The monoisotopic (exact) mass is 526 g/mol. The van der Waals surface area contributed by atoms with E-state index in [4.69, 9.17) is 27.9 Å². The summed E-state index contributed by atoms with van der Waals surface area (Å²) in [5.74, 6) is 0.102. The van der Waals surface area contributed by atoms with Crippen LogP contribution in [0, 0.1) is 5.82 Å². The van der Waals surface area contributed by atoms with Crippen molar-refractivity contribution in [2.75, 3.05) is 24.9 Å². The molecule has 5 nitrogen and oxygen atoms in total. The van der Waals surface area contributed by atoms with E-state index in [1.165, 1.54) is 30.0 Å². The number of anilines is 1. The highest BCUT2D eigenvalue weighted by Gasteiger charge is 2.23. The van der Waals surface area contributed by atoms with Gasteiger partial charge in [-0.2, -0.15) is 0 Å². The van der Waals surface area contributed by atoms with Crippen molar-refractivity contribution in [3.8, 4) is 5.75 Å². The van der Waals surface area contributed by atoms with Crippen LogP contribution in [0.5, 0.6) is 5.75 Å². The molecule has 0 spiro atoms. The van der Waals surface area contributed by atoms with Crippen LogP contribution >= 0.6 is 35.0 Å². The van der Waals surface area contributed by atoms with Crippen molar-refractivity contribution in [1.29, 1.82) is 0 Å². The van der Waals surface area contributed by atoms with Gasteiger partial charge in [0.15, 0.2) is 0 Å². The topological polar surface area (TPSA) is 58.6 Å². The molecule has 1 N–H and O–H groups in total. The first-order valence-electron chi connectivity index (χ1n) is 10.1. The Morgan fingerprint density at radius 1 is 1.03 bits per heavy atom. The molecule has 1 unspecified atom stereocenters. The Bertz CT molecular complexity index is 1260. The quantitative estimate of drug-likeness (QED) is 0.399. The fraction of sp³-hybridized carbons (Fsp3) is 0.217. The Kier molecular flexibility index (Phi) is 7.40. The summed E-state index contributed by atoms with van der Waals surface area (Å²) in [4.78, 5) is 3.64. The van der Waals surface area contributed by atoms with E-state index in [9.17, 15) is 12.8 Å².